The Bertz CT molecular complexity index is 334. The van der Waals surface area contributed by atoms with Gasteiger partial charge in [0.25, 0.3) is 0 Å². The Labute approximate surface area is 88.9 Å². The third kappa shape index (κ3) is 1.95. The van der Waals surface area contributed by atoms with Crippen LogP contribution >= 0.6 is 11.6 Å². The first kappa shape index (κ1) is 9.66. The number of hydrogen-bond acceptors (Lipinski definition) is 2. The number of hydrogen-bond donors (Lipinski definition) is 2. The number of phenols is 1. The van der Waals surface area contributed by atoms with Gasteiger partial charge in [-0.2, -0.15) is 0 Å². The maximum Gasteiger partial charge on any atom is 0.134 e. The minimum Gasteiger partial charge on any atom is -0.506 e. The van der Waals surface area contributed by atoms with Gasteiger partial charge in [0.1, 0.15) is 5.75 Å². The molecule has 1 aromatic rings. The molecule has 0 radical (unpaired) electrons. The van der Waals surface area contributed by atoms with Crippen molar-refractivity contribution in [1.82, 2.24) is 0 Å². The Hall–Kier alpha value is -0.890. The normalized spacial score (nSPS) is 25.6. The fourth-order valence-electron chi connectivity index (χ4n) is 1.85. The summed E-state index contributed by atoms with van der Waals surface area (Å²) in [4.78, 5) is 0. The predicted octanol–water partition coefficient (Wildman–Crippen LogP) is 3.26. The van der Waals surface area contributed by atoms with Gasteiger partial charge in [-0.3, -0.25) is 0 Å². The summed E-state index contributed by atoms with van der Waals surface area (Å²) in [5.74, 6) is 0.972. The van der Waals surface area contributed by atoms with E-state index in [0.717, 1.165) is 11.6 Å². The maximum absolute atomic E-state index is 9.23. The molecule has 0 aliphatic heterocycles. The molecule has 2 nitrogen and oxygen atoms in total. The third-order valence-electron chi connectivity index (χ3n) is 2.69. The van der Waals surface area contributed by atoms with Crippen LogP contribution in [0.25, 0.3) is 0 Å². The molecule has 0 saturated heterocycles. The van der Waals surface area contributed by atoms with Gasteiger partial charge in [-0.1, -0.05) is 18.5 Å². The van der Waals surface area contributed by atoms with Crippen molar-refractivity contribution < 1.29 is 5.11 Å². The van der Waals surface area contributed by atoms with Gasteiger partial charge < -0.3 is 10.4 Å². The Balaban J connectivity index is 2.00. The van der Waals surface area contributed by atoms with Crippen molar-refractivity contribution in [3.05, 3.63) is 23.2 Å². The van der Waals surface area contributed by atoms with Gasteiger partial charge in [0.15, 0.2) is 0 Å². The number of halogens is 1. The van der Waals surface area contributed by atoms with Crippen molar-refractivity contribution in [3.63, 3.8) is 0 Å². The molecule has 0 bridgehead atoms. The van der Waals surface area contributed by atoms with E-state index in [4.69, 9.17) is 11.6 Å². The first-order valence-electron chi connectivity index (χ1n) is 4.90. The van der Waals surface area contributed by atoms with Crippen LogP contribution in [0.3, 0.4) is 0 Å². The molecule has 0 spiro atoms. The zero-order valence-electron chi connectivity index (χ0n) is 8.13. The largest absolute Gasteiger partial charge is 0.506 e. The van der Waals surface area contributed by atoms with Crippen LogP contribution < -0.4 is 5.32 Å². The minimum atomic E-state index is 0.138. The van der Waals surface area contributed by atoms with E-state index in [-0.39, 0.29) is 5.75 Å². The van der Waals surface area contributed by atoms with Crippen LogP contribution in [0.4, 0.5) is 5.69 Å². The first-order valence-corrected chi connectivity index (χ1v) is 5.28. The van der Waals surface area contributed by atoms with E-state index in [2.05, 4.69) is 12.2 Å². The molecule has 1 aliphatic carbocycles. The molecule has 14 heavy (non-hydrogen) atoms. The van der Waals surface area contributed by atoms with E-state index in [0.29, 0.717) is 11.1 Å². The molecule has 0 amide bonds. The van der Waals surface area contributed by atoms with Gasteiger partial charge >= 0.3 is 0 Å². The lowest BCUT2D eigenvalue weighted by atomic mass is 9.82. The van der Waals surface area contributed by atoms with E-state index in [1.54, 1.807) is 12.1 Å². The summed E-state index contributed by atoms with van der Waals surface area (Å²) in [5, 5.41) is 13.0. The van der Waals surface area contributed by atoms with Crippen LogP contribution in [0.5, 0.6) is 5.75 Å². The van der Waals surface area contributed by atoms with Crippen LogP contribution in [0.2, 0.25) is 5.02 Å². The Morgan fingerprint density at radius 2 is 2.14 bits per heavy atom. The smallest absolute Gasteiger partial charge is 0.134 e. The number of benzene rings is 1. The fourth-order valence-corrected chi connectivity index (χ4v) is 2.03. The number of nitrogens with one attached hydrogen (secondary N) is 1. The fraction of sp³-hybridized carbons (Fsp3) is 0.455. The van der Waals surface area contributed by atoms with Gasteiger partial charge in [0, 0.05) is 11.7 Å². The summed E-state index contributed by atoms with van der Waals surface area (Å²) >= 11 is 5.80. The zero-order valence-corrected chi connectivity index (χ0v) is 8.88. The molecule has 3 heteroatoms. The molecular weight excluding hydrogens is 198 g/mol. The molecule has 0 unspecified atom stereocenters. The van der Waals surface area contributed by atoms with Crippen molar-refractivity contribution in [1.29, 1.82) is 0 Å². The quantitative estimate of drug-likeness (QED) is 0.736. The van der Waals surface area contributed by atoms with Crippen molar-refractivity contribution in [2.45, 2.75) is 25.8 Å². The maximum atomic E-state index is 9.23. The summed E-state index contributed by atoms with van der Waals surface area (Å²) in [5.41, 5.74) is 0.990. The van der Waals surface area contributed by atoms with E-state index >= 15 is 0 Å². The third-order valence-corrected chi connectivity index (χ3v) is 2.99. The van der Waals surface area contributed by atoms with Gasteiger partial charge in [0.2, 0.25) is 0 Å². The Morgan fingerprint density at radius 1 is 1.43 bits per heavy atom. The monoisotopic (exact) mass is 211 g/mol. The molecule has 0 atom stereocenters. The molecule has 0 heterocycles. The lowest BCUT2D eigenvalue weighted by Gasteiger charge is -2.34. The van der Waals surface area contributed by atoms with Crippen molar-refractivity contribution in [2.24, 2.45) is 5.92 Å². The van der Waals surface area contributed by atoms with Crippen LogP contribution in [0, 0.1) is 5.92 Å². The SMILES string of the molecule is CC1CC(Nc2ccc(O)c(Cl)c2)C1. The molecule has 1 fully saturated rings. The van der Waals surface area contributed by atoms with Gasteiger partial charge in [-0.25, -0.2) is 0 Å². The Kier molecular flexibility index (Phi) is 2.55. The highest BCUT2D eigenvalue weighted by molar-refractivity contribution is 6.32. The first-order chi connectivity index (χ1) is 6.65. The van der Waals surface area contributed by atoms with E-state index < -0.39 is 0 Å². The molecule has 1 aromatic carbocycles. The van der Waals surface area contributed by atoms with Crippen LogP contribution in [-0.4, -0.2) is 11.1 Å². The van der Waals surface area contributed by atoms with Crippen molar-refractivity contribution in [2.75, 3.05) is 5.32 Å². The second kappa shape index (κ2) is 3.70. The van der Waals surface area contributed by atoms with E-state index in [1.807, 2.05) is 6.07 Å². The summed E-state index contributed by atoms with van der Waals surface area (Å²) in [6.07, 6.45) is 2.44. The van der Waals surface area contributed by atoms with E-state index in [1.165, 1.54) is 12.8 Å². The van der Waals surface area contributed by atoms with Crippen LogP contribution in [-0.2, 0) is 0 Å². The standard InChI is InChI=1S/C11H14ClNO/c1-7-4-9(5-7)13-8-2-3-11(14)10(12)6-8/h2-3,6-7,9,13-14H,4-5H2,1H3. The van der Waals surface area contributed by atoms with Crippen molar-refractivity contribution in [3.8, 4) is 5.75 Å². The summed E-state index contributed by atoms with van der Waals surface area (Å²) in [7, 11) is 0. The van der Waals surface area contributed by atoms with Gasteiger partial charge in [-0.05, 0) is 37.0 Å². The highest BCUT2D eigenvalue weighted by atomic mass is 35.5. The molecule has 0 aromatic heterocycles. The lowest BCUT2D eigenvalue weighted by Crippen LogP contribution is -2.33. The average Bonchev–Trinajstić information content (AvgIpc) is 2.09. The second-order valence-corrected chi connectivity index (χ2v) is 4.49. The van der Waals surface area contributed by atoms with Crippen LogP contribution in [0.15, 0.2) is 18.2 Å². The molecular formula is C11H14ClNO. The van der Waals surface area contributed by atoms with Gasteiger partial charge in [-0.15, -0.1) is 0 Å². The predicted molar refractivity (Wildman–Crippen MR) is 58.9 cm³/mol. The minimum absolute atomic E-state index is 0.138. The number of aromatic hydroxyl groups is 1. The number of anilines is 1. The molecule has 2 N–H and O–H groups in total. The summed E-state index contributed by atoms with van der Waals surface area (Å²) in [6.45, 7) is 2.25. The summed E-state index contributed by atoms with van der Waals surface area (Å²) < 4.78 is 0. The molecule has 1 aliphatic rings. The van der Waals surface area contributed by atoms with Crippen molar-refractivity contribution >= 4 is 17.3 Å². The number of rotatable bonds is 2. The Morgan fingerprint density at radius 3 is 2.71 bits per heavy atom. The number of phenolic OH excluding ortho intramolecular Hbond substituents is 1. The van der Waals surface area contributed by atoms with Crippen LogP contribution in [0.1, 0.15) is 19.8 Å². The van der Waals surface area contributed by atoms with E-state index in [9.17, 15) is 5.11 Å². The highest BCUT2D eigenvalue weighted by Gasteiger charge is 2.24. The molecule has 1 saturated carbocycles. The molecule has 76 valence electrons. The second-order valence-electron chi connectivity index (χ2n) is 4.08. The molecule has 2 rings (SSSR count). The lowest BCUT2D eigenvalue weighted by molar-refractivity contribution is 0.309. The summed E-state index contributed by atoms with van der Waals surface area (Å²) in [6, 6.07) is 5.81. The highest BCUT2D eigenvalue weighted by Crippen LogP contribution is 2.31. The zero-order chi connectivity index (χ0) is 10.1. The average molecular weight is 212 g/mol. The topological polar surface area (TPSA) is 32.3 Å². The van der Waals surface area contributed by atoms with Gasteiger partial charge in [0.05, 0.1) is 5.02 Å².